The van der Waals surface area contributed by atoms with Gasteiger partial charge in [0.05, 0.1) is 22.4 Å². The van der Waals surface area contributed by atoms with E-state index in [4.69, 9.17) is 9.72 Å². The van der Waals surface area contributed by atoms with E-state index in [1.807, 2.05) is 22.9 Å². The summed E-state index contributed by atoms with van der Waals surface area (Å²) in [5, 5.41) is 2.34. The van der Waals surface area contributed by atoms with E-state index in [0.717, 1.165) is 68.2 Å². The van der Waals surface area contributed by atoms with Crippen molar-refractivity contribution in [3.8, 4) is 50.9 Å². The second kappa shape index (κ2) is 15.6. The highest BCUT2D eigenvalue weighted by molar-refractivity contribution is 6.09. The molecule has 62 heavy (non-hydrogen) atoms. The summed E-state index contributed by atoms with van der Waals surface area (Å²) in [6.45, 7) is 20.6. The van der Waals surface area contributed by atoms with Crippen molar-refractivity contribution in [1.29, 1.82) is 0 Å². The van der Waals surface area contributed by atoms with Crippen molar-refractivity contribution in [2.45, 2.75) is 79.6 Å². The van der Waals surface area contributed by atoms with Crippen LogP contribution in [0.2, 0.25) is 0 Å². The van der Waals surface area contributed by atoms with Crippen molar-refractivity contribution in [2.75, 3.05) is 0 Å². The number of imidazole rings is 1. The van der Waals surface area contributed by atoms with Crippen LogP contribution in [-0.2, 0) is 17.3 Å². The minimum atomic E-state index is -0.0118. The van der Waals surface area contributed by atoms with E-state index in [0.29, 0.717) is 0 Å². The fourth-order valence-corrected chi connectivity index (χ4v) is 8.52. The second-order valence-corrected chi connectivity index (χ2v) is 19.9. The monoisotopic (exact) mass is 812 g/mol. The van der Waals surface area contributed by atoms with Gasteiger partial charge in [0.25, 0.3) is 6.33 Å². The molecule has 0 spiro atoms. The molecule has 6 aromatic carbocycles. The van der Waals surface area contributed by atoms with E-state index in [-0.39, 0.29) is 16.2 Å². The zero-order valence-corrected chi connectivity index (χ0v) is 37.5. The fourth-order valence-electron chi connectivity index (χ4n) is 8.52. The number of rotatable bonds is 8. The van der Waals surface area contributed by atoms with Crippen LogP contribution in [0.4, 0.5) is 0 Å². The SMILES string of the molecule is CC(C)(C)Cc1ccnc(-n2c3ccccc3c3ccc(Oc4cccc(-n5[c-][n+](-c6c(-c7ccccc7)cccc6-c6cc(C(C)(C)C)cc(C(C)(C)C)c6)cc5)c4)cc32)c1. The molecule has 0 unspecified atom stereocenters. The number of fused-ring (bicyclic) bond motifs is 3. The molecule has 0 aliphatic rings. The van der Waals surface area contributed by atoms with Crippen molar-refractivity contribution in [1.82, 2.24) is 14.1 Å². The molecule has 0 aliphatic heterocycles. The number of aromatic nitrogens is 4. The molecule has 5 nitrogen and oxygen atoms in total. The Kier molecular flexibility index (Phi) is 10.3. The van der Waals surface area contributed by atoms with E-state index < -0.39 is 0 Å². The van der Waals surface area contributed by atoms with E-state index in [1.165, 1.54) is 27.6 Å². The van der Waals surface area contributed by atoms with Gasteiger partial charge in [-0.15, -0.1) is 0 Å². The Balaban J connectivity index is 1.10. The van der Waals surface area contributed by atoms with Gasteiger partial charge >= 0.3 is 0 Å². The predicted octanol–water partition coefficient (Wildman–Crippen LogP) is 14.4. The molecule has 0 fully saturated rings. The summed E-state index contributed by atoms with van der Waals surface area (Å²) in [4.78, 5) is 4.88. The van der Waals surface area contributed by atoms with Gasteiger partial charge in [0.2, 0.25) is 0 Å². The summed E-state index contributed by atoms with van der Waals surface area (Å²) >= 11 is 0. The number of benzene rings is 6. The topological polar surface area (TPSA) is 35.9 Å². The van der Waals surface area contributed by atoms with Crippen LogP contribution in [0.1, 0.15) is 79.0 Å². The number of ether oxygens (including phenoxy) is 1. The molecule has 3 heterocycles. The summed E-state index contributed by atoms with van der Waals surface area (Å²) in [7, 11) is 0. The van der Waals surface area contributed by atoms with E-state index in [1.54, 1.807) is 0 Å². The normalized spacial score (nSPS) is 12.3. The van der Waals surface area contributed by atoms with Crippen LogP contribution in [0.3, 0.4) is 0 Å². The third-order valence-electron chi connectivity index (χ3n) is 11.7. The maximum atomic E-state index is 6.68. The Hall–Kier alpha value is -6.72. The maximum absolute atomic E-state index is 6.68. The highest BCUT2D eigenvalue weighted by Crippen LogP contribution is 2.39. The van der Waals surface area contributed by atoms with Crippen molar-refractivity contribution in [3.05, 3.63) is 187 Å². The first-order chi connectivity index (χ1) is 29.6. The number of hydrogen-bond donors (Lipinski definition) is 0. The third kappa shape index (κ3) is 8.20. The van der Waals surface area contributed by atoms with Crippen LogP contribution in [-0.4, -0.2) is 14.1 Å². The molecule has 0 amide bonds. The molecule has 9 rings (SSSR count). The first kappa shape index (κ1) is 40.7. The summed E-state index contributed by atoms with van der Waals surface area (Å²) in [5.41, 5.74) is 12.9. The first-order valence-corrected chi connectivity index (χ1v) is 21.7. The summed E-state index contributed by atoms with van der Waals surface area (Å²) in [6, 6.07) is 51.9. The van der Waals surface area contributed by atoms with Gasteiger partial charge in [-0.2, -0.15) is 0 Å². The van der Waals surface area contributed by atoms with Crippen molar-refractivity contribution >= 4 is 21.8 Å². The molecular weight excluding hydrogens is 757 g/mol. The molecule has 0 radical (unpaired) electrons. The van der Waals surface area contributed by atoms with Crippen LogP contribution in [0.5, 0.6) is 11.5 Å². The second-order valence-electron chi connectivity index (χ2n) is 19.9. The Morgan fingerprint density at radius 3 is 1.97 bits per heavy atom. The molecule has 310 valence electrons. The van der Waals surface area contributed by atoms with E-state index in [2.05, 4.69) is 224 Å². The van der Waals surface area contributed by atoms with Crippen LogP contribution in [0.25, 0.3) is 61.3 Å². The average Bonchev–Trinajstić information content (AvgIpc) is 3.86. The van der Waals surface area contributed by atoms with Gasteiger partial charge < -0.3 is 4.74 Å². The first-order valence-electron chi connectivity index (χ1n) is 21.7. The molecule has 0 saturated carbocycles. The number of nitrogens with zero attached hydrogens (tertiary/aromatic N) is 4. The molecule has 0 N–H and O–H groups in total. The Morgan fingerprint density at radius 2 is 1.24 bits per heavy atom. The number of hydrogen-bond acceptors (Lipinski definition) is 2. The summed E-state index contributed by atoms with van der Waals surface area (Å²) in [5.74, 6) is 2.40. The van der Waals surface area contributed by atoms with Gasteiger partial charge in [-0.3, -0.25) is 13.7 Å². The zero-order valence-electron chi connectivity index (χ0n) is 37.5. The Morgan fingerprint density at radius 1 is 0.581 bits per heavy atom. The van der Waals surface area contributed by atoms with Crippen molar-refractivity contribution < 1.29 is 9.30 Å². The Bertz CT molecular complexity index is 3040. The standard InChI is InChI=1S/C57H56N4O/c1-55(2,3)37-39-27-28-58-53(31-39)61-51-24-14-13-21-49(51)50-26-25-46(36-52(50)61)62-45-20-15-19-44(35-45)59-29-30-60(38-59)54-47(40-17-11-10-12-18-40)22-16-23-48(54)41-32-42(56(4,5)6)34-43(33-41)57(7,8)9/h10-36H,37H2,1-9H3. The summed E-state index contributed by atoms with van der Waals surface area (Å²) < 4.78 is 13.1. The summed E-state index contributed by atoms with van der Waals surface area (Å²) in [6.07, 6.45) is 10.8. The smallest absolute Gasteiger partial charge is 0.268 e. The lowest BCUT2D eigenvalue weighted by atomic mass is 9.78. The molecule has 0 atom stereocenters. The van der Waals surface area contributed by atoms with Gasteiger partial charge in [-0.25, -0.2) is 4.98 Å². The zero-order chi connectivity index (χ0) is 43.4. The maximum Gasteiger partial charge on any atom is 0.268 e. The number of pyridine rings is 1. The van der Waals surface area contributed by atoms with Crippen LogP contribution in [0.15, 0.2) is 164 Å². The quantitative estimate of drug-likeness (QED) is 0.113. The van der Waals surface area contributed by atoms with Gasteiger partial charge in [0.15, 0.2) is 0 Å². The van der Waals surface area contributed by atoms with Gasteiger partial charge in [-0.1, -0.05) is 153 Å². The highest BCUT2D eigenvalue weighted by Gasteiger charge is 2.24. The lowest BCUT2D eigenvalue weighted by Crippen LogP contribution is -2.30. The Labute approximate surface area is 366 Å². The molecular formula is C57H56N4O. The van der Waals surface area contributed by atoms with Crippen molar-refractivity contribution in [2.24, 2.45) is 5.41 Å². The lowest BCUT2D eigenvalue weighted by molar-refractivity contribution is -0.598. The van der Waals surface area contributed by atoms with Crippen LogP contribution in [0, 0.1) is 11.7 Å². The van der Waals surface area contributed by atoms with Gasteiger partial charge in [-0.05, 0) is 110 Å². The molecule has 9 aromatic rings. The van der Waals surface area contributed by atoms with Gasteiger partial charge in [0.1, 0.15) is 17.3 Å². The molecule has 0 saturated heterocycles. The molecule has 3 aromatic heterocycles. The van der Waals surface area contributed by atoms with Crippen LogP contribution < -0.4 is 9.30 Å². The predicted molar refractivity (Wildman–Crippen MR) is 256 cm³/mol. The average molecular weight is 813 g/mol. The highest BCUT2D eigenvalue weighted by atomic mass is 16.5. The molecule has 0 aliphatic carbocycles. The largest absolute Gasteiger partial charge is 0.458 e. The van der Waals surface area contributed by atoms with Crippen molar-refractivity contribution in [3.63, 3.8) is 0 Å². The molecule has 5 heteroatoms. The van der Waals surface area contributed by atoms with Gasteiger partial charge in [0, 0.05) is 35.4 Å². The van der Waals surface area contributed by atoms with Crippen LogP contribution >= 0.6 is 0 Å². The van der Waals surface area contributed by atoms with E-state index >= 15 is 0 Å². The fraction of sp³-hybridized carbons (Fsp3) is 0.228. The number of para-hydroxylation sites is 2. The minimum Gasteiger partial charge on any atom is -0.458 e. The molecule has 0 bridgehead atoms. The minimum absolute atomic E-state index is 0.0118. The lowest BCUT2D eigenvalue weighted by Gasteiger charge is -2.27. The third-order valence-corrected chi connectivity index (χ3v) is 11.7. The van der Waals surface area contributed by atoms with E-state index in [9.17, 15) is 0 Å².